The van der Waals surface area contributed by atoms with E-state index in [0.29, 0.717) is 17.1 Å². The first-order valence-corrected chi connectivity index (χ1v) is 10.2. The number of carbonyl (C=O) groups excluding carboxylic acids is 1. The van der Waals surface area contributed by atoms with Crippen LogP contribution in [0.2, 0.25) is 5.02 Å². The van der Waals surface area contributed by atoms with Gasteiger partial charge in [-0.15, -0.1) is 0 Å². The molecule has 2 bridgehead atoms. The molecule has 0 aromatic heterocycles. The van der Waals surface area contributed by atoms with E-state index in [2.05, 4.69) is 15.5 Å². The summed E-state index contributed by atoms with van der Waals surface area (Å²) in [6, 6.07) is 8.64. The number of benzene rings is 1. The highest BCUT2D eigenvalue weighted by atomic mass is 35.5. The predicted molar refractivity (Wildman–Crippen MR) is 112 cm³/mol. The van der Waals surface area contributed by atoms with E-state index in [0.717, 1.165) is 36.5 Å². The summed E-state index contributed by atoms with van der Waals surface area (Å²) >= 11 is 12.0. The van der Waals surface area contributed by atoms with Crippen LogP contribution in [0.4, 0.5) is 5.69 Å². The molecule has 0 radical (unpaired) electrons. The third kappa shape index (κ3) is 4.32. The lowest BCUT2D eigenvalue weighted by Gasteiger charge is -2.50. The largest absolute Gasteiger partial charge is 0.353 e. The number of hydrogen-bond donors (Lipinski definition) is 2. The molecule has 2 fully saturated rings. The van der Waals surface area contributed by atoms with Crippen molar-refractivity contribution in [1.82, 2.24) is 10.2 Å². The van der Waals surface area contributed by atoms with Gasteiger partial charge in [0.25, 0.3) is 0 Å². The first kappa shape index (κ1) is 19.4. The highest BCUT2D eigenvalue weighted by molar-refractivity contribution is 7.80. The summed E-state index contributed by atoms with van der Waals surface area (Å²) in [4.78, 5) is 14.7. The highest BCUT2D eigenvalue weighted by Crippen LogP contribution is 2.35. The fourth-order valence-corrected chi connectivity index (χ4v) is 4.57. The van der Waals surface area contributed by atoms with Gasteiger partial charge in [0.15, 0.2) is 5.11 Å². The topological polar surface area (TPSA) is 44.4 Å². The lowest BCUT2D eigenvalue weighted by atomic mass is 9.81. The van der Waals surface area contributed by atoms with Gasteiger partial charge in [0.05, 0.1) is 10.7 Å². The van der Waals surface area contributed by atoms with Crippen molar-refractivity contribution < 1.29 is 4.79 Å². The predicted octanol–water partition coefficient (Wildman–Crippen LogP) is 4.58. The van der Waals surface area contributed by atoms with Gasteiger partial charge in [0.1, 0.15) is 0 Å². The quantitative estimate of drug-likeness (QED) is 0.721. The Morgan fingerprint density at radius 3 is 2.38 bits per heavy atom. The Balaban J connectivity index is 1.68. The van der Waals surface area contributed by atoms with Gasteiger partial charge in [0.2, 0.25) is 5.91 Å². The second-order valence-corrected chi connectivity index (χ2v) is 9.24. The molecule has 6 heteroatoms. The number of nitrogens with zero attached hydrogens (tertiary/aromatic N) is 1. The minimum absolute atomic E-state index is 0.130. The molecule has 26 heavy (non-hydrogen) atoms. The molecular formula is C20H28ClN3OS. The second-order valence-electron chi connectivity index (χ2n) is 8.45. The van der Waals surface area contributed by atoms with Crippen LogP contribution >= 0.6 is 23.8 Å². The molecule has 0 unspecified atom stereocenters. The van der Waals surface area contributed by atoms with Gasteiger partial charge < -0.3 is 15.5 Å². The van der Waals surface area contributed by atoms with Crippen LogP contribution in [0.5, 0.6) is 0 Å². The first-order chi connectivity index (χ1) is 12.3. The molecule has 2 atom stereocenters. The molecule has 2 N–H and O–H groups in total. The summed E-state index contributed by atoms with van der Waals surface area (Å²) in [5.41, 5.74) is 0.494. The Morgan fingerprint density at radius 2 is 1.81 bits per heavy atom. The monoisotopic (exact) mass is 393 g/mol. The van der Waals surface area contributed by atoms with Crippen LogP contribution in [-0.2, 0) is 4.79 Å². The smallest absolute Gasteiger partial charge is 0.225 e. The van der Waals surface area contributed by atoms with E-state index in [4.69, 9.17) is 23.8 Å². The van der Waals surface area contributed by atoms with Crippen molar-refractivity contribution in [1.29, 1.82) is 0 Å². The van der Waals surface area contributed by atoms with Crippen LogP contribution in [0.1, 0.15) is 52.9 Å². The minimum Gasteiger partial charge on any atom is -0.353 e. The molecular weight excluding hydrogens is 366 g/mol. The van der Waals surface area contributed by atoms with E-state index >= 15 is 0 Å². The molecule has 2 aliphatic heterocycles. The number of nitrogens with one attached hydrogen (secondary N) is 2. The number of fused-ring (bicyclic) bond motifs is 2. The summed E-state index contributed by atoms with van der Waals surface area (Å²) in [7, 11) is 0. The van der Waals surface area contributed by atoms with Gasteiger partial charge in [-0.3, -0.25) is 4.79 Å². The van der Waals surface area contributed by atoms with E-state index in [9.17, 15) is 4.79 Å². The fourth-order valence-electron chi connectivity index (χ4n) is 3.98. The summed E-state index contributed by atoms with van der Waals surface area (Å²) < 4.78 is 0. The summed E-state index contributed by atoms with van der Waals surface area (Å²) in [5.74, 6) is 0.130. The number of piperidine rings is 2. The fraction of sp³-hybridized carbons (Fsp3) is 0.600. The third-order valence-electron chi connectivity index (χ3n) is 5.34. The van der Waals surface area contributed by atoms with E-state index < -0.39 is 0 Å². The van der Waals surface area contributed by atoms with Crippen molar-refractivity contribution in [2.75, 3.05) is 5.32 Å². The third-order valence-corrected chi connectivity index (χ3v) is 5.98. The van der Waals surface area contributed by atoms with Gasteiger partial charge in [-0.2, -0.15) is 0 Å². The zero-order valence-electron chi connectivity index (χ0n) is 15.7. The van der Waals surface area contributed by atoms with E-state index in [1.165, 1.54) is 6.42 Å². The number of anilines is 1. The van der Waals surface area contributed by atoms with Crippen molar-refractivity contribution in [2.45, 2.75) is 71.0 Å². The van der Waals surface area contributed by atoms with Crippen molar-refractivity contribution in [2.24, 2.45) is 5.41 Å². The second kappa shape index (κ2) is 7.73. The molecule has 2 saturated heterocycles. The van der Waals surface area contributed by atoms with Gasteiger partial charge in [-0.1, -0.05) is 44.5 Å². The molecule has 1 aromatic rings. The van der Waals surface area contributed by atoms with Crippen LogP contribution in [0.25, 0.3) is 0 Å². The average Bonchev–Trinajstić information content (AvgIpc) is 2.55. The van der Waals surface area contributed by atoms with Crippen molar-refractivity contribution in [3.8, 4) is 0 Å². The number of halogens is 1. The Morgan fingerprint density at radius 1 is 1.19 bits per heavy atom. The number of thiocarbonyl (C=S) groups is 1. The molecule has 2 heterocycles. The molecule has 0 spiro atoms. The summed E-state index contributed by atoms with van der Waals surface area (Å²) in [6.07, 6.45) is 5.34. The maximum absolute atomic E-state index is 12.4. The Kier molecular flexibility index (Phi) is 5.78. The van der Waals surface area contributed by atoms with Crippen molar-refractivity contribution in [3.05, 3.63) is 29.3 Å². The van der Waals surface area contributed by atoms with E-state index in [1.54, 1.807) is 0 Å². The standard InChI is InChI=1S/C20H28ClN3OS/c1-20(2,3)18(25)22-13-11-14-7-6-8-15(12-13)24(14)19(26)23-17-10-5-4-9-16(17)21/h4-5,9-10,13-15H,6-8,11-12H2,1-3H3,(H,22,25)(H,23,26)/t14-,15-/m1/s1. The number of hydrogen-bond acceptors (Lipinski definition) is 2. The van der Waals surface area contributed by atoms with Crippen LogP contribution in [-0.4, -0.2) is 34.0 Å². The highest BCUT2D eigenvalue weighted by Gasteiger charge is 2.40. The van der Waals surface area contributed by atoms with Gasteiger partial charge in [-0.05, 0) is 56.5 Å². The minimum atomic E-state index is -0.354. The average molecular weight is 394 g/mol. The molecule has 2 aliphatic rings. The lowest BCUT2D eigenvalue weighted by molar-refractivity contribution is -0.129. The Hall–Kier alpha value is -1.33. The molecule has 0 aliphatic carbocycles. The van der Waals surface area contributed by atoms with Gasteiger partial charge in [-0.25, -0.2) is 0 Å². The van der Waals surface area contributed by atoms with E-state index in [-0.39, 0.29) is 17.4 Å². The SMILES string of the molecule is CC(C)(C)C(=O)NC1C[C@H]2CCC[C@H](C1)N2C(=S)Nc1ccccc1Cl. The van der Waals surface area contributed by atoms with Crippen LogP contribution in [0, 0.1) is 5.41 Å². The molecule has 0 saturated carbocycles. The summed E-state index contributed by atoms with van der Waals surface area (Å²) in [6.45, 7) is 5.88. The van der Waals surface area contributed by atoms with Crippen molar-refractivity contribution >= 4 is 40.5 Å². The molecule has 142 valence electrons. The van der Waals surface area contributed by atoms with Crippen LogP contribution in [0.15, 0.2) is 24.3 Å². The normalized spacial score (nSPS) is 25.5. The maximum atomic E-state index is 12.4. The zero-order valence-corrected chi connectivity index (χ0v) is 17.3. The van der Waals surface area contributed by atoms with Crippen LogP contribution in [0.3, 0.4) is 0 Å². The van der Waals surface area contributed by atoms with Gasteiger partial charge in [0, 0.05) is 23.5 Å². The van der Waals surface area contributed by atoms with E-state index in [1.807, 2.05) is 45.0 Å². The maximum Gasteiger partial charge on any atom is 0.225 e. The number of carbonyl (C=O) groups is 1. The number of para-hydroxylation sites is 1. The number of rotatable bonds is 2. The van der Waals surface area contributed by atoms with Crippen LogP contribution < -0.4 is 10.6 Å². The molecule has 1 aromatic carbocycles. The molecule has 1 amide bonds. The van der Waals surface area contributed by atoms with Crippen molar-refractivity contribution in [3.63, 3.8) is 0 Å². The Bertz CT molecular complexity index is 674. The lowest BCUT2D eigenvalue weighted by Crippen LogP contribution is -2.60. The number of amides is 1. The summed E-state index contributed by atoms with van der Waals surface area (Å²) in [5, 5.41) is 8.00. The first-order valence-electron chi connectivity index (χ1n) is 9.40. The zero-order chi connectivity index (χ0) is 18.9. The molecule has 4 nitrogen and oxygen atoms in total. The molecule has 3 rings (SSSR count). The Labute approximate surface area is 166 Å². The van der Waals surface area contributed by atoms with Gasteiger partial charge >= 0.3 is 0 Å².